The fourth-order valence-electron chi connectivity index (χ4n) is 2.37. The highest BCUT2D eigenvalue weighted by atomic mass is 19.2. The summed E-state index contributed by atoms with van der Waals surface area (Å²) >= 11 is 0. The molecule has 21 heavy (non-hydrogen) atoms. The first-order valence-electron chi connectivity index (χ1n) is 6.56. The molecule has 2 aromatic rings. The average molecular weight is 291 g/mol. The Bertz CT molecular complexity index is 684. The highest BCUT2D eigenvalue weighted by molar-refractivity contribution is 5.95. The monoisotopic (exact) mass is 291 g/mol. The van der Waals surface area contributed by atoms with E-state index in [-0.39, 0.29) is 29.2 Å². The van der Waals surface area contributed by atoms with Crippen LogP contribution in [0.2, 0.25) is 0 Å². The van der Waals surface area contributed by atoms with Crippen LogP contribution < -0.4 is 5.32 Å². The van der Waals surface area contributed by atoms with Crippen molar-refractivity contribution in [2.24, 2.45) is 5.92 Å². The Hall–Kier alpha value is -2.30. The Morgan fingerprint density at radius 1 is 1.00 bits per heavy atom. The van der Waals surface area contributed by atoms with E-state index >= 15 is 0 Å². The molecule has 2 unspecified atom stereocenters. The molecule has 1 aliphatic rings. The number of halogens is 3. The molecule has 1 saturated carbocycles. The Balaban J connectivity index is 1.65. The number of amides is 1. The topological polar surface area (TPSA) is 29.1 Å². The van der Waals surface area contributed by atoms with E-state index in [9.17, 15) is 18.0 Å². The zero-order chi connectivity index (χ0) is 15.0. The molecule has 1 aliphatic carbocycles. The average Bonchev–Trinajstić information content (AvgIpc) is 3.24. The molecule has 2 atom stereocenters. The first kappa shape index (κ1) is 13.7. The van der Waals surface area contributed by atoms with Gasteiger partial charge in [0.05, 0.1) is 0 Å². The highest BCUT2D eigenvalue weighted by Gasteiger charge is 2.43. The minimum atomic E-state index is -1.00. The molecule has 2 nitrogen and oxygen atoms in total. The number of hydrogen-bond donors (Lipinski definition) is 1. The minimum absolute atomic E-state index is 0.0518. The van der Waals surface area contributed by atoms with Crippen molar-refractivity contribution in [1.82, 2.24) is 0 Å². The normalized spacial score (nSPS) is 20.1. The lowest BCUT2D eigenvalue weighted by atomic mass is 10.1. The molecule has 1 amide bonds. The summed E-state index contributed by atoms with van der Waals surface area (Å²) in [5, 5.41) is 2.56. The molecule has 0 bridgehead atoms. The number of carbonyl (C=O) groups is 1. The molecule has 0 heterocycles. The van der Waals surface area contributed by atoms with Crippen LogP contribution in [0.3, 0.4) is 0 Å². The standard InChI is InChI=1S/C16H12F3NO/c17-10-3-1-9(2-4-10)12-8-13(12)16(21)20-11-5-6-14(18)15(19)7-11/h1-7,12-13H,8H2,(H,20,21). The molecule has 0 spiro atoms. The van der Waals surface area contributed by atoms with Gasteiger partial charge in [-0.2, -0.15) is 0 Å². The first-order chi connectivity index (χ1) is 10.0. The summed E-state index contributed by atoms with van der Waals surface area (Å²) in [6.07, 6.45) is 0.668. The molecule has 0 aromatic heterocycles. The summed E-state index contributed by atoms with van der Waals surface area (Å²) in [6, 6.07) is 9.26. The summed E-state index contributed by atoms with van der Waals surface area (Å²) in [5.41, 5.74) is 1.13. The molecule has 1 fully saturated rings. The van der Waals surface area contributed by atoms with Crippen molar-refractivity contribution in [1.29, 1.82) is 0 Å². The first-order valence-corrected chi connectivity index (χ1v) is 6.56. The van der Waals surface area contributed by atoms with Crippen LogP contribution in [0.15, 0.2) is 42.5 Å². The van der Waals surface area contributed by atoms with Gasteiger partial charge in [0.1, 0.15) is 5.82 Å². The van der Waals surface area contributed by atoms with Gasteiger partial charge in [-0.25, -0.2) is 13.2 Å². The van der Waals surface area contributed by atoms with Crippen molar-refractivity contribution in [3.63, 3.8) is 0 Å². The molecule has 0 saturated heterocycles. The molecule has 108 valence electrons. The molecule has 5 heteroatoms. The van der Waals surface area contributed by atoms with Gasteiger partial charge in [-0.15, -0.1) is 0 Å². The van der Waals surface area contributed by atoms with Crippen molar-refractivity contribution in [3.05, 3.63) is 65.5 Å². The van der Waals surface area contributed by atoms with E-state index in [1.165, 1.54) is 18.2 Å². The lowest BCUT2D eigenvalue weighted by Gasteiger charge is -2.05. The number of carbonyl (C=O) groups excluding carboxylic acids is 1. The minimum Gasteiger partial charge on any atom is -0.326 e. The molecule has 0 radical (unpaired) electrons. The maximum atomic E-state index is 13.1. The van der Waals surface area contributed by atoms with Crippen LogP contribution in [-0.4, -0.2) is 5.91 Å². The molecule has 1 N–H and O–H groups in total. The molecule has 2 aromatic carbocycles. The lowest BCUT2D eigenvalue weighted by Crippen LogP contribution is -2.14. The van der Waals surface area contributed by atoms with Gasteiger partial charge in [0, 0.05) is 17.7 Å². The van der Waals surface area contributed by atoms with Crippen LogP contribution in [0, 0.1) is 23.4 Å². The zero-order valence-corrected chi connectivity index (χ0v) is 10.9. The van der Waals surface area contributed by atoms with Crippen molar-refractivity contribution in [2.45, 2.75) is 12.3 Å². The van der Waals surface area contributed by atoms with Crippen molar-refractivity contribution < 1.29 is 18.0 Å². The fraction of sp³-hybridized carbons (Fsp3) is 0.188. The smallest absolute Gasteiger partial charge is 0.228 e. The number of anilines is 1. The summed E-state index contributed by atoms with van der Waals surface area (Å²) in [7, 11) is 0. The quantitative estimate of drug-likeness (QED) is 0.914. The van der Waals surface area contributed by atoms with Gasteiger partial charge in [0.15, 0.2) is 11.6 Å². The Morgan fingerprint density at radius 3 is 2.38 bits per heavy atom. The van der Waals surface area contributed by atoms with Crippen LogP contribution in [0.5, 0.6) is 0 Å². The fourth-order valence-corrected chi connectivity index (χ4v) is 2.37. The van der Waals surface area contributed by atoms with Gasteiger partial charge in [-0.05, 0) is 42.2 Å². The van der Waals surface area contributed by atoms with E-state index in [1.807, 2.05) is 0 Å². The zero-order valence-electron chi connectivity index (χ0n) is 10.9. The second-order valence-corrected chi connectivity index (χ2v) is 5.12. The van der Waals surface area contributed by atoms with Gasteiger partial charge in [0.2, 0.25) is 5.91 Å². The molecular formula is C16H12F3NO. The predicted octanol–water partition coefficient (Wildman–Crippen LogP) is 3.85. The van der Waals surface area contributed by atoms with Crippen LogP contribution in [0.1, 0.15) is 17.9 Å². The van der Waals surface area contributed by atoms with Crippen LogP contribution in [0.4, 0.5) is 18.9 Å². The van der Waals surface area contributed by atoms with Crippen LogP contribution in [0.25, 0.3) is 0 Å². The van der Waals surface area contributed by atoms with Crippen LogP contribution >= 0.6 is 0 Å². The van der Waals surface area contributed by atoms with Gasteiger partial charge in [-0.3, -0.25) is 4.79 Å². The van der Waals surface area contributed by atoms with E-state index in [2.05, 4.69) is 5.32 Å². The van der Waals surface area contributed by atoms with E-state index in [4.69, 9.17) is 0 Å². The largest absolute Gasteiger partial charge is 0.326 e. The SMILES string of the molecule is O=C(Nc1ccc(F)c(F)c1)C1CC1c1ccc(F)cc1. The third-order valence-corrected chi connectivity index (χ3v) is 3.61. The van der Waals surface area contributed by atoms with Crippen LogP contribution in [-0.2, 0) is 4.79 Å². The molecule has 0 aliphatic heterocycles. The number of benzene rings is 2. The van der Waals surface area contributed by atoms with E-state index in [0.29, 0.717) is 6.42 Å². The number of rotatable bonds is 3. The van der Waals surface area contributed by atoms with E-state index in [0.717, 1.165) is 17.7 Å². The van der Waals surface area contributed by atoms with Gasteiger partial charge < -0.3 is 5.32 Å². The van der Waals surface area contributed by atoms with Gasteiger partial charge in [0.25, 0.3) is 0 Å². The summed E-state index contributed by atoms with van der Waals surface area (Å²) in [4.78, 5) is 12.0. The third-order valence-electron chi connectivity index (χ3n) is 3.61. The summed E-state index contributed by atoms with van der Waals surface area (Å²) < 4.78 is 38.7. The van der Waals surface area contributed by atoms with Crippen molar-refractivity contribution >= 4 is 11.6 Å². The molecule has 3 rings (SSSR count). The number of hydrogen-bond acceptors (Lipinski definition) is 1. The second kappa shape index (κ2) is 5.24. The summed E-state index contributed by atoms with van der Waals surface area (Å²) in [6.45, 7) is 0. The summed E-state index contributed by atoms with van der Waals surface area (Å²) in [5.74, 6) is -2.68. The van der Waals surface area contributed by atoms with E-state index < -0.39 is 11.6 Å². The van der Waals surface area contributed by atoms with E-state index in [1.54, 1.807) is 12.1 Å². The molecular weight excluding hydrogens is 279 g/mol. The lowest BCUT2D eigenvalue weighted by molar-refractivity contribution is -0.117. The number of nitrogens with one attached hydrogen (secondary N) is 1. The third kappa shape index (κ3) is 2.91. The highest BCUT2D eigenvalue weighted by Crippen LogP contribution is 2.47. The Morgan fingerprint density at radius 2 is 1.71 bits per heavy atom. The maximum Gasteiger partial charge on any atom is 0.228 e. The van der Waals surface area contributed by atoms with Gasteiger partial charge in [-0.1, -0.05) is 12.1 Å². The Kier molecular flexibility index (Phi) is 3.41. The van der Waals surface area contributed by atoms with Gasteiger partial charge >= 0.3 is 0 Å². The van der Waals surface area contributed by atoms with Crippen molar-refractivity contribution in [3.8, 4) is 0 Å². The van der Waals surface area contributed by atoms with Crippen molar-refractivity contribution in [2.75, 3.05) is 5.32 Å². The second-order valence-electron chi connectivity index (χ2n) is 5.12. The predicted molar refractivity (Wildman–Crippen MR) is 72.2 cm³/mol. The maximum absolute atomic E-state index is 13.1. The Labute approximate surface area is 119 Å².